The van der Waals surface area contributed by atoms with E-state index in [1.807, 2.05) is 0 Å². The van der Waals surface area contributed by atoms with E-state index in [1.165, 1.54) is 13.2 Å². The van der Waals surface area contributed by atoms with E-state index in [9.17, 15) is 13.2 Å². The number of hydrogen-bond donors (Lipinski definition) is 0. The summed E-state index contributed by atoms with van der Waals surface area (Å²) < 4.78 is 35.3. The minimum absolute atomic E-state index is 0.0484. The van der Waals surface area contributed by atoms with E-state index in [4.69, 9.17) is 21.1 Å². The van der Waals surface area contributed by atoms with Crippen LogP contribution >= 0.6 is 11.6 Å². The number of aryl methyl sites for hydroxylation is 1. The Hall–Kier alpha value is -2.79. The summed E-state index contributed by atoms with van der Waals surface area (Å²) in [6, 6.07) is 5.24. The number of urea groups is 1. The largest absolute Gasteiger partial charge is 0.490 e. The fourth-order valence-electron chi connectivity index (χ4n) is 1.95. The van der Waals surface area contributed by atoms with Crippen LogP contribution in [0.3, 0.4) is 0 Å². The molecule has 0 aliphatic heterocycles. The molecule has 1 aromatic heterocycles. The molecule has 12 heteroatoms. The van der Waals surface area contributed by atoms with Crippen LogP contribution < -0.4 is 14.4 Å². The van der Waals surface area contributed by atoms with Crippen LogP contribution in [0.4, 0.5) is 16.4 Å². The van der Waals surface area contributed by atoms with Gasteiger partial charge >= 0.3 is 22.5 Å². The van der Waals surface area contributed by atoms with Gasteiger partial charge in [0.15, 0.2) is 0 Å². The first-order chi connectivity index (χ1) is 12.5. The van der Waals surface area contributed by atoms with E-state index in [2.05, 4.69) is 19.3 Å². The van der Waals surface area contributed by atoms with E-state index >= 15 is 0 Å². The lowest BCUT2D eigenvalue weighted by Gasteiger charge is -2.21. The van der Waals surface area contributed by atoms with Crippen molar-refractivity contribution in [3.05, 3.63) is 30.1 Å². The predicted octanol–water partition coefficient (Wildman–Crippen LogP) is 2.13. The van der Waals surface area contributed by atoms with Crippen LogP contribution in [-0.4, -0.2) is 49.0 Å². The van der Waals surface area contributed by atoms with Crippen molar-refractivity contribution in [1.82, 2.24) is 15.0 Å². The number of nitrogens with zero attached hydrogens (tertiary/aromatic N) is 5. The Kier molecular flexibility index (Phi) is 6.81. The Bertz CT molecular complexity index is 929. The molecule has 138 valence electrons. The van der Waals surface area contributed by atoms with Crippen molar-refractivity contribution in [2.24, 2.45) is 4.36 Å². The molecule has 0 fully saturated rings. The molecule has 2 rings (SSSR count). The van der Waals surface area contributed by atoms with Crippen LogP contribution in [0.25, 0.3) is 0 Å². The monoisotopic (exact) mass is 399 g/mol. The Labute approximate surface area is 155 Å². The second-order valence-corrected chi connectivity index (χ2v) is 5.60. The van der Waals surface area contributed by atoms with Gasteiger partial charge in [-0.05, 0) is 19.1 Å². The van der Waals surface area contributed by atoms with Crippen LogP contribution in [0.15, 0.2) is 28.6 Å². The number of amides is 2. The molecule has 0 aliphatic carbocycles. The van der Waals surface area contributed by atoms with Crippen LogP contribution in [-0.2, 0) is 10.5 Å². The average molecular weight is 400 g/mol. The molecule has 0 spiro atoms. The first-order valence-corrected chi connectivity index (χ1v) is 8.72. The maximum atomic E-state index is 12.4. The van der Waals surface area contributed by atoms with Crippen molar-refractivity contribution in [3.8, 4) is 11.8 Å². The highest BCUT2D eigenvalue weighted by Crippen LogP contribution is 2.33. The third kappa shape index (κ3) is 4.86. The van der Waals surface area contributed by atoms with E-state index in [0.29, 0.717) is 0 Å². The van der Waals surface area contributed by atoms with Crippen molar-refractivity contribution < 1.29 is 22.7 Å². The minimum atomic E-state index is -2.97. The van der Waals surface area contributed by atoms with Crippen LogP contribution in [0.1, 0.15) is 5.82 Å². The lowest BCUT2D eigenvalue weighted by molar-refractivity contribution is 0.256. The molecule has 2 amide bonds. The summed E-state index contributed by atoms with van der Waals surface area (Å²) in [6.07, 6.45) is 0. The number of para-hydroxylation sites is 2. The first kappa shape index (κ1) is 19.5. The molecule has 2 aromatic rings. The molecule has 0 N–H and O–H groups in total. The Morgan fingerprint density at radius 2 is 2.00 bits per heavy atom. The first-order valence-electron chi connectivity index (χ1n) is 7.16. The molecule has 0 saturated heterocycles. The zero-order valence-electron chi connectivity index (χ0n) is 13.8. The number of alkyl halides is 1. The molecule has 0 bridgehead atoms. The Morgan fingerprint density at radius 3 is 2.65 bits per heavy atom. The summed E-state index contributed by atoms with van der Waals surface area (Å²) in [4.78, 5) is 25.3. The van der Waals surface area contributed by atoms with Gasteiger partial charge in [0.1, 0.15) is 18.2 Å². The summed E-state index contributed by atoms with van der Waals surface area (Å²) in [6.45, 7) is 1.74. The number of ether oxygens (including phenoxy) is 2. The van der Waals surface area contributed by atoms with E-state index in [0.717, 1.165) is 4.90 Å². The van der Waals surface area contributed by atoms with E-state index in [-0.39, 0.29) is 41.7 Å². The van der Waals surface area contributed by atoms with Crippen molar-refractivity contribution >= 4 is 39.8 Å². The molecule has 1 aromatic carbocycles. The zero-order chi connectivity index (χ0) is 19.1. The Morgan fingerprint density at radius 1 is 1.27 bits per heavy atom. The summed E-state index contributed by atoms with van der Waals surface area (Å²) in [7, 11) is -1.62. The summed E-state index contributed by atoms with van der Waals surface area (Å²) >= 11 is 5.64. The normalized spacial score (nSPS) is 10.1. The number of aromatic nitrogens is 3. The standard InChI is InChI=1S/C14H14ClN5O5S/c1-9-16-12(18-13(17-9)24-2)20(14(21)19-26(22)23)10-5-3-4-6-11(10)25-8-7-15/h3-6H,7-8H2,1-2H3. The van der Waals surface area contributed by atoms with Gasteiger partial charge in [-0.25, -0.2) is 9.69 Å². The molecule has 0 aliphatic rings. The lowest BCUT2D eigenvalue weighted by atomic mass is 10.2. The summed E-state index contributed by atoms with van der Waals surface area (Å²) in [5.41, 5.74) is 0.185. The van der Waals surface area contributed by atoms with Gasteiger partial charge in [-0.1, -0.05) is 16.5 Å². The highest BCUT2D eigenvalue weighted by atomic mass is 35.5. The van der Waals surface area contributed by atoms with Crippen LogP contribution in [0.5, 0.6) is 11.8 Å². The lowest BCUT2D eigenvalue weighted by Crippen LogP contribution is -2.26. The van der Waals surface area contributed by atoms with E-state index in [1.54, 1.807) is 25.1 Å². The number of benzene rings is 1. The zero-order valence-corrected chi connectivity index (χ0v) is 15.4. The maximum absolute atomic E-state index is 12.4. The molecule has 1 heterocycles. The molecule has 0 saturated carbocycles. The van der Waals surface area contributed by atoms with Crippen molar-refractivity contribution in [2.75, 3.05) is 24.5 Å². The molecular formula is C14H14ClN5O5S. The number of carbonyl (C=O) groups is 1. The second kappa shape index (κ2) is 9.06. The molecular weight excluding hydrogens is 386 g/mol. The van der Waals surface area contributed by atoms with Gasteiger partial charge < -0.3 is 9.47 Å². The average Bonchev–Trinajstić information content (AvgIpc) is 2.60. The van der Waals surface area contributed by atoms with Gasteiger partial charge in [-0.15, -0.1) is 11.6 Å². The molecule has 26 heavy (non-hydrogen) atoms. The van der Waals surface area contributed by atoms with Gasteiger partial charge in [0.25, 0.3) is 0 Å². The third-order valence-corrected chi connectivity index (χ3v) is 3.34. The SMILES string of the molecule is COc1nc(C)nc(N(C(=O)N=S(=O)=O)c2ccccc2OCCCl)n1. The van der Waals surface area contributed by atoms with Crippen molar-refractivity contribution in [3.63, 3.8) is 0 Å². The minimum Gasteiger partial charge on any atom is -0.490 e. The number of hydrogen-bond acceptors (Lipinski definition) is 8. The maximum Gasteiger partial charge on any atom is 0.370 e. The molecule has 0 atom stereocenters. The van der Waals surface area contributed by atoms with Gasteiger partial charge in [-0.2, -0.15) is 23.4 Å². The van der Waals surface area contributed by atoms with Crippen molar-refractivity contribution in [1.29, 1.82) is 0 Å². The fourth-order valence-corrected chi connectivity index (χ4v) is 2.23. The molecule has 10 nitrogen and oxygen atoms in total. The summed E-state index contributed by atoms with van der Waals surface area (Å²) in [5.74, 6) is 0.573. The van der Waals surface area contributed by atoms with Crippen LogP contribution in [0.2, 0.25) is 0 Å². The summed E-state index contributed by atoms with van der Waals surface area (Å²) in [5, 5.41) is 0. The van der Waals surface area contributed by atoms with Gasteiger partial charge in [0.2, 0.25) is 5.95 Å². The fraction of sp³-hybridized carbons (Fsp3) is 0.286. The van der Waals surface area contributed by atoms with Gasteiger partial charge in [-0.3, -0.25) is 0 Å². The number of anilines is 2. The van der Waals surface area contributed by atoms with Crippen molar-refractivity contribution in [2.45, 2.75) is 6.92 Å². The number of methoxy groups -OCH3 is 1. The topological polar surface area (TPSA) is 124 Å². The molecule has 0 unspecified atom stereocenters. The predicted molar refractivity (Wildman–Crippen MR) is 92.7 cm³/mol. The highest BCUT2D eigenvalue weighted by Gasteiger charge is 2.25. The van der Waals surface area contributed by atoms with Crippen LogP contribution in [0, 0.1) is 6.92 Å². The number of carbonyl (C=O) groups excluding carboxylic acids is 1. The Balaban J connectivity index is 2.65. The van der Waals surface area contributed by atoms with Gasteiger partial charge in [0, 0.05) is 0 Å². The highest BCUT2D eigenvalue weighted by molar-refractivity contribution is 7.62. The molecule has 0 radical (unpaired) electrons. The number of halogens is 1. The number of rotatable bonds is 6. The second-order valence-electron chi connectivity index (χ2n) is 4.60. The van der Waals surface area contributed by atoms with E-state index < -0.39 is 16.5 Å². The quantitative estimate of drug-likeness (QED) is 0.676. The third-order valence-electron chi connectivity index (χ3n) is 2.88. The smallest absolute Gasteiger partial charge is 0.370 e. The van der Waals surface area contributed by atoms with Gasteiger partial charge in [0.05, 0.1) is 18.7 Å².